The van der Waals surface area contributed by atoms with Crippen LogP contribution in [-0.4, -0.2) is 23.4 Å². The lowest BCUT2D eigenvalue weighted by molar-refractivity contribution is 0.0546. The van der Waals surface area contributed by atoms with Crippen LogP contribution in [0.3, 0.4) is 0 Å². The maximum Gasteiger partial charge on any atom is 0.257 e. The molecule has 0 saturated carbocycles. The molecule has 0 radical (unpaired) electrons. The SMILES string of the molecule is CC1CCCN(C(=O)c2cc(S)ccc2F)C1C. The van der Waals surface area contributed by atoms with Gasteiger partial charge < -0.3 is 4.90 Å². The number of amides is 1. The molecule has 1 aromatic carbocycles. The van der Waals surface area contributed by atoms with Gasteiger partial charge in [0.05, 0.1) is 5.56 Å². The highest BCUT2D eigenvalue weighted by molar-refractivity contribution is 7.80. The quantitative estimate of drug-likeness (QED) is 0.773. The summed E-state index contributed by atoms with van der Waals surface area (Å²) in [6.07, 6.45) is 2.11. The fourth-order valence-corrected chi connectivity index (χ4v) is 2.66. The molecule has 18 heavy (non-hydrogen) atoms. The van der Waals surface area contributed by atoms with E-state index in [-0.39, 0.29) is 17.5 Å². The zero-order chi connectivity index (χ0) is 13.3. The fraction of sp³-hybridized carbons (Fsp3) is 0.500. The van der Waals surface area contributed by atoms with Crippen molar-refractivity contribution in [3.63, 3.8) is 0 Å². The van der Waals surface area contributed by atoms with E-state index in [9.17, 15) is 9.18 Å². The molecular formula is C14H18FNOS. The standard InChI is InChI=1S/C14H18FNOS/c1-9-4-3-7-16(10(9)2)14(17)12-8-11(18)5-6-13(12)15/h5-6,8-10,18H,3-4,7H2,1-2H3. The van der Waals surface area contributed by atoms with Crippen molar-refractivity contribution in [3.8, 4) is 0 Å². The molecule has 1 saturated heterocycles. The number of carbonyl (C=O) groups is 1. The van der Waals surface area contributed by atoms with E-state index < -0.39 is 5.82 Å². The third kappa shape index (κ3) is 2.53. The van der Waals surface area contributed by atoms with Gasteiger partial charge in [0, 0.05) is 17.5 Å². The smallest absolute Gasteiger partial charge is 0.257 e. The lowest BCUT2D eigenvalue weighted by Crippen LogP contribution is -2.46. The minimum Gasteiger partial charge on any atom is -0.336 e. The summed E-state index contributed by atoms with van der Waals surface area (Å²) in [5.41, 5.74) is 0.128. The molecule has 1 aromatic rings. The van der Waals surface area contributed by atoms with Crippen LogP contribution >= 0.6 is 12.6 Å². The van der Waals surface area contributed by atoms with Crippen LogP contribution in [0.15, 0.2) is 23.1 Å². The summed E-state index contributed by atoms with van der Waals surface area (Å²) in [5, 5.41) is 0. The van der Waals surface area contributed by atoms with Gasteiger partial charge in [-0.2, -0.15) is 0 Å². The van der Waals surface area contributed by atoms with Crippen molar-refractivity contribution in [2.24, 2.45) is 5.92 Å². The monoisotopic (exact) mass is 267 g/mol. The molecule has 2 atom stereocenters. The number of hydrogen-bond donors (Lipinski definition) is 1. The number of benzene rings is 1. The van der Waals surface area contributed by atoms with Crippen molar-refractivity contribution in [3.05, 3.63) is 29.6 Å². The average molecular weight is 267 g/mol. The summed E-state index contributed by atoms with van der Waals surface area (Å²) in [4.78, 5) is 14.8. The van der Waals surface area contributed by atoms with Crippen molar-refractivity contribution in [2.75, 3.05) is 6.54 Å². The molecule has 1 aliphatic rings. The van der Waals surface area contributed by atoms with E-state index in [1.54, 1.807) is 11.0 Å². The second-order valence-electron chi connectivity index (χ2n) is 5.02. The Morgan fingerprint density at radius 2 is 2.17 bits per heavy atom. The molecule has 1 amide bonds. The lowest BCUT2D eigenvalue weighted by atomic mass is 9.91. The summed E-state index contributed by atoms with van der Waals surface area (Å²) in [7, 11) is 0. The number of piperidine rings is 1. The van der Waals surface area contributed by atoms with Crippen LogP contribution in [0.5, 0.6) is 0 Å². The van der Waals surface area contributed by atoms with Gasteiger partial charge in [-0.25, -0.2) is 4.39 Å². The van der Waals surface area contributed by atoms with E-state index in [1.807, 2.05) is 6.92 Å². The van der Waals surface area contributed by atoms with Gasteiger partial charge in [0.15, 0.2) is 0 Å². The van der Waals surface area contributed by atoms with Crippen LogP contribution in [0.4, 0.5) is 4.39 Å². The molecule has 0 N–H and O–H groups in total. The first-order valence-corrected chi connectivity index (χ1v) is 6.75. The second-order valence-corrected chi connectivity index (χ2v) is 5.54. The van der Waals surface area contributed by atoms with Crippen LogP contribution in [0.25, 0.3) is 0 Å². The first-order valence-electron chi connectivity index (χ1n) is 6.30. The van der Waals surface area contributed by atoms with Gasteiger partial charge in [-0.05, 0) is 43.9 Å². The number of rotatable bonds is 1. The minimum absolute atomic E-state index is 0.128. The highest BCUT2D eigenvalue weighted by Gasteiger charge is 2.30. The normalized spacial score (nSPS) is 24.1. The number of carbonyl (C=O) groups excluding carboxylic acids is 1. The fourth-order valence-electron chi connectivity index (χ4n) is 2.45. The third-order valence-corrected chi connectivity index (χ3v) is 4.09. The summed E-state index contributed by atoms with van der Waals surface area (Å²) < 4.78 is 13.7. The molecule has 2 unspecified atom stereocenters. The van der Waals surface area contributed by atoms with E-state index in [2.05, 4.69) is 19.6 Å². The summed E-state index contributed by atoms with van der Waals surface area (Å²) in [6, 6.07) is 4.52. The predicted octanol–water partition coefficient (Wildman–Crippen LogP) is 3.38. The Kier molecular flexibility index (Phi) is 3.95. The average Bonchev–Trinajstić information content (AvgIpc) is 2.35. The molecule has 98 valence electrons. The van der Waals surface area contributed by atoms with Gasteiger partial charge in [-0.15, -0.1) is 12.6 Å². The third-order valence-electron chi connectivity index (χ3n) is 3.81. The first kappa shape index (κ1) is 13.4. The Balaban J connectivity index is 2.27. The van der Waals surface area contributed by atoms with Gasteiger partial charge in [0.25, 0.3) is 5.91 Å². The highest BCUT2D eigenvalue weighted by Crippen LogP contribution is 2.25. The molecule has 4 heteroatoms. The summed E-state index contributed by atoms with van der Waals surface area (Å²) in [5.74, 6) is -0.226. The number of likely N-dealkylation sites (tertiary alicyclic amines) is 1. The largest absolute Gasteiger partial charge is 0.336 e. The number of halogens is 1. The Bertz CT molecular complexity index is 463. The van der Waals surface area contributed by atoms with E-state index >= 15 is 0 Å². The van der Waals surface area contributed by atoms with E-state index in [1.165, 1.54) is 12.1 Å². The molecule has 2 nitrogen and oxygen atoms in total. The molecule has 2 rings (SSSR count). The molecule has 0 aliphatic carbocycles. The molecule has 0 bridgehead atoms. The summed E-state index contributed by atoms with van der Waals surface area (Å²) >= 11 is 4.16. The van der Waals surface area contributed by atoms with Crippen LogP contribution in [0.1, 0.15) is 37.0 Å². The highest BCUT2D eigenvalue weighted by atomic mass is 32.1. The Labute approximate surface area is 113 Å². The zero-order valence-electron chi connectivity index (χ0n) is 10.7. The maximum absolute atomic E-state index is 13.7. The first-order chi connectivity index (χ1) is 8.50. The van der Waals surface area contributed by atoms with Gasteiger partial charge in [0.2, 0.25) is 0 Å². The van der Waals surface area contributed by atoms with Gasteiger partial charge >= 0.3 is 0 Å². The van der Waals surface area contributed by atoms with E-state index in [0.717, 1.165) is 12.8 Å². The molecule has 1 heterocycles. The van der Waals surface area contributed by atoms with Crippen molar-refractivity contribution < 1.29 is 9.18 Å². The molecule has 1 fully saturated rings. The van der Waals surface area contributed by atoms with Crippen molar-refractivity contribution in [1.82, 2.24) is 4.90 Å². The molecular weight excluding hydrogens is 249 g/mol. The van der Waals surface area contributed by atoms with Gasteiger partial charge in [-0.3, -0.25) is 4.79 Å². The van der Waals surface area contributed by atoms with Crippen LogP contribution < -0.4 is 0 Å². The predicted molar refractivity (Wildman–Crippen MR) is 72.5 cm³/mol. The van der Waals surface area contributed by atoms with Crippen molar-refractivity contribution >= 4 is 18.5 Å². The Morgan fingerprint density at radius 3 is 2.89 bits per heavy atom. The zero-order valence-corrected chi connectivity index (χ0v) is 11.6. The molecule has 0 aromatic heterocycles. The van der Waals surface area contributed by atoms with Crippen LogP contribution in [0.2, 0.25) is 0 Å². The Hall–Kier alpha value is -1.03. The van der Waals surface area contributed by atoms with Crippen molar-refractivity contribution in [2.45, 2.75) is 37.6 Å². The topological polar surface area (TPSA) is 20.3 Å². The minimum atomic E-state index is -0.469. The lowest BCUT2D eigenvalue weighted by Gasteiger charge is -2.38. The number of hydrogen-bond acceptors (Lipinski definition) is 2. The molecule has 1 aliphatic heterocycles. The Morgan fingerprint density at radius 1 is 1.44 bits per heavy atom. The maximum atomic E-state index is 13.7. The van der Waals surface area contributed by atoms with E-state index in [4.69, 9.17) is 0 Å². The van der Waals surface area contributed by atoms with E-state index in [0.29, 0.717) is 17.4 Å². The number of nitrogens with zero attached hydrogens (tertiary/aromatic N) is 1. The van der Waals surface area contributed by atoms with Crippen LogP contribution in [0, 0.1) is 11.7 Å². The van der Waals surface area contributed by atoms with Crippen LogP contribution in [-0.2, 0) is 0 Å². The molecule has 0 spiro atoms. The van der Waals surface area contributed by atoms with Gasteiger partial charge in [-0.1, -0.05) is 6.92 Å². The second kappa shape index (κ2) is 5.31. The number of thiol groups is 1. The summed E-state index contributed by atoms with van der Waals surface area (Å²) in [6.45, 7) is 4.88. The van der Waals surface area contributed by atoms with Crippen molar-refractivity contribution in [1.29, 1.82) is 0 Å². The van der Waals surface area contributed by atoms with Gasteiger partial charge in [0.1, 0.15) is 5.82 Å².